The summed E-state index contributed by atoms with van der Waals surface area (Å²) in [7, 11) is 0. The molecule has 1 aromatic carbocycles. The van der Waals surface area contributed by atoms with Crippen LogP contribution in [0, 0.1) is 6.92 Å². The second kappa shape index (κ2) is 7.29. The molecule has 120 valence electrons. The van der Waals surface area contributed by atoms with Crippen LogP contribution in [-0.4, -0.2) is 40.6 Å². The third kappa shape index (κ3) is 4.00. The lowest BCUT2D eigenvalue weighted by Gasteiger charge is -2.28. The van der Waals surface area contributed by atoms with Crippen molar-refractivity contribution >= 4 is 11.9 Å². The number of carboxylic acid groups (broad SMARTS) is 1. The molecule has 1 saturated heterocycles. The number of benzene rings is 1. The van der Waals surface area contributed by atoms with Crippen molar-refractivity contribution in [2.24, 2.45) is 0 Å². The molecule has 1 aliphatic heterocycles. The Labute approximate surface area is 130 Å². The summed E-state index contributed by atoms with van der Waals surface area (Å²) in [5.41, 5.74) is 1.07. The van der Waals surface area contributed by atoms with Gasteiger partial charge >= 0.3 is 5.97 Å². The molecule has 1 heterocycles. The van der Waals surface area contributed by atoms with Crippen LogP contribution in [0.25, 0.3) is 0 Å². The topological polar surface area (TPSA) is 66.8 Å². The lowest BCUT2D eigenvalue weighted by atomic mass is 10.1. The molecule has 0 aromatic heterocycles. The summed E-state index contributed by atoms with van der Waals surface area (Å²) in [5, 5.41) is 8.97. The Kier molecular flexibility index (Phi) is 5.41. The Bertz CT molecular complexity index is 543. The van der Waals surface area contributed by atoms with Gasteiger partial charge in [0.25, 0.3) is 5.91 Å². The van der Waals surface area contributed by atoms with Crippen molar-refractivity contribution < 1.29 is 19.4 Å². The number of likely N-dealkylation sites (tertiary alicyclic amines) is 1. The largest absolute Gasteiger partial charge is 0.481 e. The lowest BCUT2D eigenvalue weighted by molar-refractivity contribution is -0.143. The number of hydrogen-bond acceptors (Lipinski definition) is 3. The second-order valence-electron chi connectivity index (χ2n) is 5.76. The zero-order valence-electron chi connectivity index (χ0n) is 13.1. The number of carboxylic acids is 1. The molecule has 0 bridgehead atoms. The van der Waals surface area contributed by atoms with Crippen LogP contribution in [0.15, 0.2) is 24.3 Å². The van der Waals surface area contributed by atoms with Crippen LogP contribution < -0.4 is 4.74 Å². The highest BCUT2D eigenvalue weighted by molar-refractivity contribution is 5.82. The van der Waals surface area contributed by atoms with E-state index in [0.29, 0.717) is 18.7 Å². The summed E-state index contributed by atoms with van der Waals surface area (Å²) >= 11 is 0. The fourth-order valence-corrected chi connectivity index (χ4v) is 2.89. The predicted molar refractivity (Wildman–Crippen MR) is 82.9 cm³/mol. The smallest absolute Gasteiger partial charge is 0.305 e. The van der Waals surface area contributed by atoms with Crippen LogP contribution in [0.5, 0.6) is 5.75 Å². The maximum atomic E-state index is 12.7. The van der Waals surface area contributed by atoms with E-state index in [1.54, 1.807) is 4.90 Å². The van der Waals surface area contributed by atoms with E-state index in [4.69, 9.17) is 9.84 Å². The van der Waals surface area contributed by atoms with Gasteiger partial charge in [0.2, 0.25) is 0 Å². The van der Waals surface area contributed by atoms with Crippen molar-refractivity contribution in [2.75, 3.05) is 6.54 Å². The Morgan fingerprint density at radius 1 is 1.45 bits per heavy atom. The summed E-state index contributed by atoms with van der Waals surface area (Å²) in [6, 6.07) is 7.39. The molecule has 1 aliphatic rings. The number of carbonyl (C=O) groups is 2. The van der Waals surface area contributed by atoms with Crippen molar-refractivity contribution in [3.05, 3.63) is 29.8 Å². The highest BCUT2D eigenvalue weighted by atomic mass is 16.5. The van der Waals surface area contributed by atoms with Crippen LogP contribution in [0.4, 0.5) is 0 Å². The van der Waals surface area contributed by atoms with E-state index >= 15 is 0 Å². The number of ether oxygens (including phenoxy) is 1. The number of hydrogen-bond donors (Lipinski definition) is 1. The number of aliphatic carboxylic acids is 1. The number of aryl methyl sites for hydroxylation is 1. The molecule has 22 heavy (non-hydrogen) atoms. The average molecular weight is 305 g/mol. The molecular formula is C17H23NO4. The summed E-state index contributed by atoms with van der Waals surface area (Å²) in [5.74, 6) is -0.292. The number of carbonyl (C=O) groups excluding carboxylic acids is 1. The van der Waals surface area contributed by atoms with E-state index in [1.165, 1.54) is 0 Å². The van der Waals surface area contributed by atoms with Crippen molar-refractivity contribution in [3.63, 3.8) is 0 Å². The Hall–Kier alpha value is -2.04. The summed E-state index contributed by atoms with van der Waals surface area (Å²) in [6.07, 6.45) is 1.61. The molecule has 1 amide bonds. The van der Waals surface area contributed by atoms with Gasteiger partial charge in [0, 0.05) is 12.6 Å². The zero-order valence-corrected chi connectivity index (χ0v) is 13.1. The third-order valence-corrected chi connectivity index (χ3v) is 3.98. The van der Waals surface area contributed by atoms with E-state index in [2.05, 4.69) is 0 Å². The minimum absolute atomic E-state index is 0.00657. The van der Waals surface area contributed by atoms with Gasteiger partial charge in [-0.25, -0.2) is 0 Å². The first kappa shape index (κ1) is 16.3. The van der Waals surface area contributed by atoms with Gasteiger partial charge in [-0.15, -0.1) is 0 Å². The Balaban J connectivity index is 2.06. The molecule has 1 fully saturated rings. The normalized spacial score (nSPS) is 19.0. The van der Waals surface area contributed by atoms with E-state index in [0.717, 1.165) is 18.4 Å². The maximum absolute atomic E-state index is 12.7. The van der Waals surface area contributed by atoms with E-state index in [-0.39, 0.29) is 18.4 Å². The molecule has 2 atom stereocenters. The number of rotatable bonds is 6. The standard InChI is InChI=1S/C17H23NO4/c1-3-15(22-14-8-4-6-12(2)10-14)17(21)18-9-5-7-13(18)11-16(19)20/h4,6,8,10,13,15H,3,5,7,9,11H2,1-2H3,(H,19,20). The summed E-state index contributed by atoms with van der Waals surface area (Å²) in [4.78, 5) is 25.3. The quantitative estimate of drug-likeness (QED) is 0.877. The van der Waals surface area contributed by atoms with Gasteiger partial charge in [0.1, 0.15) is 5.75 Å². The monoisotopic (exact) mass is 305 g/mol. The molecule has 5 heteroatoms. The molecule has 5 nitrogen and oxygen atoms in total. The average Bonchev–Trinajstić information content (AvgIpc) is 2.91. The SMILES string of the molecule is CCC(Oc1cccc(C)c1)C(=O)N1CCCC1CC(=O)O. The summed E-state index contributed by atoms with van der Waals surface area (Å²) in [6.45, 7) is 4.49. The minimum Gasteiger partial charge on any atom is -0.481 e. The molecule has 1 N–H and O–H groups in total. The zero-order chi connectivity index (χ0) is 16.1. The van der Waals surface area contributed by atoms with E-state index in [1.807, 2.05) is 38.1 Å². The van der Waals surface area contributed by atoms with Crippen LogP contribution >= 0.6 is 0 Å². The summed E-state index contributed by atoms with van der Waals surface area (Å²) < 4.78 is 5.83. The maximum Gasteiger partial charge on any atom is 0.305 e. The van der Waals surface area contributed by atoms with Crippen LogP contribution in [0.2, 0.25) is 0 Å². The fraction of sp³-hybridized carbons (Fsp3) is 0.529. The first-order valence-corrected chi connectivity index (χ1v) is 7.77. The molecule has 2 rings (SSSR count). The molecule has 2 unspecified atom stereocenters. The van der Waals surface area contributed by atoms with Gasteiger partial charge < -0.3 is 14.7 Å². The fourth-order valence-electron chi connectivity index (χ4n) is 2.89. The number of amides is 1. The Morgan fingerprint density at radius 3 is 2.86 bits per heavy atom. The van der Waals surface area contributed by atoms with E-state index < -0.39 is 12.1 Å². The molecule has 1 aromatic rings. The molecule has 0 saturated carbocycles. The van der Waals surface area contributed by atoms with Gasteiger partial charge in [0.15, 0.2) is 6.10 Å². The van der Waals surface area contributed by atoms with Gasteiger partial charge in [-0.1, -0.05) is 19.1 Å². The highest BCUT2D eigenvalue weighted by Gasteiger charge is 2.34. The van der Waals surface area contributed by atoms with Gasteiger partial charge in [-0.2, -0.15) is 0 Å². The molecule has 0 aliphatic carbocycles. The number of nitrogens with zero attached hydrogens (tertiary/aromatic N) is 1. The second-order valence-corrected chi connectivity index (χ2v) is 5.76. The van der Waals surface area contributed by atoms with Gasteiger partial charge in [-0.3, -0.25) is 9.59 Å². The lowest BCUT2D eigenvalue weighted by Crippen LogP contribution is -2.44. The van der Waals surface area contributed by atoms with Crippen LogP contribution in [0.1, 0.15) is 38.2 Å². The minimum atomic E-state index is -0.864. The molecular weight excluding hydrogens is 282 g/mol. The molecule has 0 radical (unpaired) electrons. The first-order valence-electron chi connectivity index (χ1n) is 7.77. The van der Waals surface area contributed by atoms with Crippen LogP contribution in [-0.2, 0) is 9.59 Å². The third-order valence-electron chi connectivity index (χ3n) is 3.98. The van der Waals surface area contributed by atoms with Gasteiger partial charge in [-0.05, 0) is 43.9 Å². The Morgan fingerprint density at radius 2 is 2.23 bits per heavy atom. The highest BCUT2D eigenvalue weighted by Crippen LogP contribution is 2.23. The van der Waals surface area contributed by atoms with Crippen LogP contribution in [0.3, 0.4) is 0 Å². The van der Waals surface area contributed by atoms with Crippen molar-refractivity contribution in [1.82, 2.24) is 4.90 Å². The van der Waals surface area contributed by atoms with E-state index in [9.17, 15) is 9.59 Å². The van der Waals surface area contributed by atoms with Crippen molar-refractivity contribution in [2.45, 2.75) is 51.7 Å². The van der Waals surface area contributed by atoms with Crippen molar-refractivity contribution in [3.8, 4) is 5.75 Å². The van der Waals surface area contributed by atoms with Crippen molar-refractivity contribution in [1.29, 1.82) is 0 Å². The molecule has 0 spiro atoms. The van der Waals surface area contributed by atoms with Gasteiger partial charge in [0.05, 0.1) is 6.42 Å². The first-order chi connectivity index (χ1) is 10.5. The predicted octanol–water partition coefficient (Wildman–Crippen LogP) is 2.62.